The Balaban J connectivity index is 0.00000144. The van der Waals surface area contributed by atoms with Crippen LogP contribution in [-0.2, 0) is 19.5 Å². The van der Waals surface area contributed by atoms with Gasteiger partial charge in [0.25, 0.3) is 0 Å². The van der Waals surface area contributed by atoms with Crippen LogP contribution >= 0.6 is 37.2 Å². The van der Waals surface area contributed by atoms with E-state index in [0.717, 1.165) is 72.5 Å². The summed E-state index contributed by atoms with van der Waals surface area (Å²) in [5, 5.41) is 13.2. The number of benzene rings is 1. The number of rotatable bonds is 11. The summed E-state index contributed by atoms with van der Waals surface area (Å²) >= 11 is 0. The zero-order valence-corrected chi connectivity index (χ0v) is 22.8. The zero-order valence-electron chi connectivity index (χ0n) is 20.4. The van der Waals surface area contributed by atoms with Gasteiger partial charge in [-0.25, -0.2) is 0 Å². The van der Waals surface area contributed by atoms with Gasteiger partial charge < -0.3 is 19.5 Å². The fourth-order valence-electron chi connectivity index (χ4n) is 4.76. The van der Waals surface area contributed by atoms with E-state index >= 15 is 0 Å². The highest BCUT2D eigenvalue weighted by atomic mass is 35.5. The predicted octanol–water partition coefficient (Wildman–Crippen LogP) is 5.14. The van der Waals surface area contributed by atoms with E-state index in [1.807, 2.05) is 30.2 Å². The summed E-state index contributed by atoms with van der Waals surface area (Å²) in [5.41, 5.74) is 3.07. The number of hydrogen-bond donors (Lipinski definition) is 1. The van der Waals surface area contributed by atoms with Crippen LogP contribution < -0.4 is 10.1 Å². The molecule has 0 bridgehead atoms. The van der Waals surface area contributed by atoms with Crippen LogP contribution in [0.1, 0.15) is 43.4 Å². The van der Waals surface area contributed by atoms with Crippen molar-refractivity contribution in [1.29, 1.82) is 0 Å². The Morgan fingerprint density at radius 1 is 1.06 bits per heavy atom. The van der Waals surface area contributed by atoms with Crippen LogP contribution in [0.4, 0.5) is 0 Å². The average molecular weight is 547 g/mol. The van der Waals surface area contributed by atoms with Crippen molar-refractivity contribution in [2.24, 2.45) is 11.8 Å². The van der Waals surface area contributed by atoms with E-state index in [2.05, 4.69) is 32.6 Å². The van der Waals surface area contributed by atoms with Crippen LogP contribution in [0.3, 0.4) is 0 Å². The van der Waals surface area contributed by atoms with Crippen LogP contribution in [-0.4, -0.2) is 53.1 Å². The number of likely N-dealkylation sites (tertiary alicyclic amines) is 1. The minimum absolute atomic E-state index is 0. The molecule has 35 heavy (non-hydrogen) atoms. The van der Waals surface area contributed by atoms with Crippen LogP contribution in [0, 0.1) is 11.8 Å². The molecule has 3 heterocycles. The molecule has 0 unspecified atom stereocenters. The first-order chi connectivity index (χ1) is 15.8. The first kappa shape index (κ1) is 29.7. The molecule has 2 aromatic heterocycles. The van der Waals surface area contributed by atoms with Gasteiger partial charge in [0.1, 0.15) is 5.75 Å². The molecule has 0 amide bonds. The van der Waals surface area contributed by atoms with Crippen molar-refractivity contribution in [1.82, 2.24) is 25.2 Å². The molecule has 1 saturated heterocycles. The first-order valence-electron chi connectivity index (χ1n) is 12.2. The number of hydrogen-bond acceptors (Lipinski definition) is 6. The fourth-order valence-corrected chi connectivity index (χ4v) is 4.76. The van der Waals surface area contributed by atoms with Crippen LogP contribution in [0.25, 0.3) is 11.0 Å². The van der Waals surface area contributed by atoms with Gasteiger partial charge in [-0.3, -0.25) is 4.68 Å². The summed E-state index contributed by atoms with van der Waals surface area (Å²) in [6.07, 6.45) is 11.2. The molecule has 1 saturated carbocycles. The quantitative estimate of drug-likeness (QED) is 0.359. The molecule has 2 fully saturated rings. The molecule has 3 aromatic rings. The smallest absolute Gasteiger partial charge is 0.175 e. The van der Waals surface area contributed by atoms with Crippen molar-refractivity contribution in [3.63, 3.8) is 0 Å². The van der Waals surface area contributed by atoms with Crippen LogP contribution in [0.15, 0.2) is 35.1 Å². The topological polar surface area (TPSA) is 68.3 Å². The lowest BCUT2D eigenvalue weighted by atomic mass is 9.91. The van der Waals surface area contributed by atoms with Crippen molar-refractivity contribution < 1.29 is 9.26 Å². The monoisotopic (exact) mass is 545 g/mol. The fraction of sp³-hybridized carbons (Fsp3) is 0.600. The Morgan fingerprint density at radius 2 is 1.86 bits per heavy atom. The van der Waals surface area contributed by atoms with Crippen molar-refractivity contribution >= 4 is 48.2 Å². The van der Waals surface area contributed by atoms with Crippen molar-refractivity contribution in [3.05, 3.63) is 41.9 Å². The number of fused-ring (bicyclic) bond motifs is 1. The lowest BCUT2D eigenvalue weighted by Crippen LogP contribution is -2.36. The van der Waals surface area contributed by atoms with E-state index in [1.165, 1.54) is 45.2 Å². The number of ether oxygens (including phenoxy) is 1. The third-order valence-corrected chi connectivity index (χ3v) is 7.00. The molecular formula is C25H38Cl3N5O2. The Labute approximate surface area is 226 Å². The summed E-state index contributed by atoms with van der Waals surface area (Å²) in [6.45, 7) is 5.96. The number of aromatic nitrogens is 3. The van der Waals surface area contributed by atoms with Crippen LogP contribution in [0.5, 0.6) is 5.75 Å². The molecule has 0 radical (unpaired) electrons. The van der Waals surface area contributed by atoms with Crippen molar-refractivity contribution in [3.8, 4) is 5.75 Å². The number of piperidine rings is 1. The maximum atomic E-state index is 6.10. The number of nitrogens with zero attached hydrogens (tertiary/aromatic N) is 4. The summed E-state index contributed by atoms with van der Waals surface area (Å²) in [5.74, 6) is 2.43. The van der Waals surface area contributed by atoms with E-state index in [0.29, 0.717) is 0 Å². The van der Waals surface area contributed by atoms with E-state index in [-0.39, 0.29) is 37.2 Å². The molecule has 196 valence electrons. The largest absolute Gasteiger partial charge is 0.493 e. The van der Waals surface area contributed by atoms with Gasteiger partial charge in [0.2, 0.25) is 0 Å². The van der Waals surface area contributed by atoms with E-state index in [4.69, 9.17) is 9.26 Å². The second-order valence-corrected chi connectivity index (χ2v) is 9.43. The molecule has 1 aliphatic heterocycles. The summed E-state index contributed by atoms with van der Waals surface area (Å²) in [7, 11) is 1.96. The maximum absolute atomic E-state index is 6.10. The van der Waals surface area contributed by atoms with Gasteiger partial charge in [-0.1, -0.05) is 5.16 Å². The highest BCUT2D eigenvalue weighted by molar-refractivity contribution is 5.86. The van der Waals surface area contributed by atoms with Crippen LogP contribution in [0.2, 0.25) is 0 Å². The van der Waals surface area contributed by atoms with E-state index in [1.54, 1.807) is 0 Å². The SMILES string of the molecule is CNCc1c(OCC2CC2)ccc2c(CCC3CCN(CCn4cccn4)CC3)noc12.Cl.Cl.Cl. The van der Waals surface area contributed by atoms with Gasteiger partial charge in [0.05, 0.1) is 24.4 Å². The molecule has 10 heteroatoms. The molecule has 7 nitrogen and oxygen atoms in total. The molecular weight excluding hydrogens is 509 g/mol. The summed E-state index contributed by atoms with van der Waals surface area (Å²) < 4.78 is 14.0. The second kappa shape index (κ2) is 14.3. The maximum Gasteiger partial charge on any atom is 0.175 e. The first-order valence-corrected chi connectivity index (χ1v) is 12.2. The molecule has 0 spiro atoms. The zero-order chi connectivity index (χ0) is 21.8. The third kappa shape index (κ3) is 7.73. The highest BCUT2D eigenvalue weighted by Gasteiger charge is 2.24. The number of halogens is 3. The molecule has 1 aliphatic carbocycles. The number of nitrogens with one attached hydrogen (secondary N) is 1. The predicted molar refractivity (Wildman–Crippen MR) is 146 cm³/mol. The highest BCUT2D eigenvalue weighted by Crippen LogP contribution is 2.34. The third-order valence-electron chi connectivity index (χ3n) is 7.00. The molecule has 1 aromatic carbocycles. The second-order valence-electron chi connectivity index (χ2n) is 9.43. The molecule has 5 rings (SSSR count). The molecule has 0 atom stereocenters. The van der Waals surface area contributed by atoms with E-state index < -0.39 is 0 Å². The summed E-state index contributed by atoms with van der Waals surface area (Å²) in [6, 6.07) is 6.24. The van der Waals surface area contributed by atoms with Gasteiger partial charge in [-0.05, 0) is 88.7 Å². The minimum Gasteiger partial charge on any atom is -0.493 e. The van der Waals surface area contributed by atoms with Gasteiger partial charge in [0.15, 0.2) is 5.58 Å². The standard InChI is InChI=1S/C25H35N5O2.3ClH/c1-26-17-22-24(31-18-20-3-4-20)8-6-21-23(28-32-25(21)22)7-5-19-9-13-29(14-10-19)15-16-30-12-2-11-27-30;;;/h2,6,8,11-12,19-20,26H,3-5,7,9-10,13-18H2,1H3;3*1H. The summed E-state index contributed by atoms with van der Waals surface area (Å²) in [4.78, 5) is 2.57. The normalized spacial score (nSPS) is 16.4. The minimum atomic E-state index is 0. The Hall–Kier alpha value is -1.51. The van der Waals surface area contributed by atoms with E-state index in [9.17, 15) is 0 Å². The molecule has 2 aliphatic rings. The molecule has 1 N–H and O–H groups in total. The van der Waals surface area contributed by atoms with Gasteiger partial charge in [-0.2, -0.15) is 5.10 Å². The van der Waals surface area contributed by atoms with Gasteiger partial charge in [0, 0.05) is 30.9 Å². The van der Waals surface area contributed by atoms with Crippen molar-refractivity contribution in [2.45, 2.75) is 51.6 Å². The average Bonchev–Trinajstić information content (AvgIpc) is 3.32. The lowest BCUT2D eigenvalue weighted by molar-refractivity contribution is 0.172. The Bertz CT molecular complexity index is 1000. The Kier molecular flexibility index (Phi) is 12.1. The number of aryl methyl sites for hydroxylation is 1. The lowest BCUT2D eigenvalue weighted by Gasteiger charge is -2.31. The van der Waals surface area contributed by atoms with Gasteiger partial charge in [-0.15, -0.1) is 37.2 Å². The van der Waals surface area contributed by atoms with Crippen molar-refractivity contribution in [2.75, 3.05) is 33.3 Å². The van der Waals surface area contributed by atoms with Gasteiger partial charge >= 0.3 is 0 Å². The Morgan fingerprint density at radius 3 is 2.54 bits per heavy atom.